The first-order valence-electron chi connectivity index (χ1n) is 7.88. The maximum atomic E-state index is 9.18. The van der Waals surface area contributed by atoms with E-state index in [0.29, 0.717) is 12.0 Å². The van der Waals surface area contributed by atoms with E-state index in [1.807, 2.05) is 0 Å². The summed E-state index contributed by atoms with van der Waals surface area (Å²) in [7, 11) is 0. The molecule has 108 valence electrons. The van der Waals surface area contributed by atoms with Gasteiger partial charge in [-0.3, -0.25) is 4.90 Å². The Morgan fingerprint density at radius 1 is 1.00 bits per heavy atom. The summed E-state index contributed by atoms with van der Waals surface area (Å²) in [6.45, 7) is 2.26. The molecule has 1 aromatic rings. The predicted molar refractivity (Wildman–Crippen MR) is 81.5 cm³/mol. The van der Waals surface area contributed by atoms with Crippen LogP contribution in [0.1, 0.15) is 50.0 Å². The Bertz CT molecular complexity index is 449. The van der Waals surface area contributed by atoms with E-state index in [0.717, 1.165) is 31.6 Å². The number of piperidine rings is 1. The van der Waals surface area contributed by atoms with Gasteiger partial charge < -0.3 is 5.21 Å². The second kappa shape index (κ2) is 6.40. The van der Waals surface area contributed by atoms with Crippen molar-refractivity contribution in [3.05, 3.63) is 35.9 Å². The Hall–Kier alpha value is -1.35. The fourth-order valence-corrected chi connectivity index (χ4v) is 3.76. The molecule has 3 heteroatoms. The smallest absolute Gasteiger partial charge is 0.0742 e. The van der Waals surface area contributed by atoms with E-state index >= 15 is 0 Å². The van der Waals surface area contributed by atoms with Crippen LogP contribution < -0.4 is 0 Å². The fraction of sp³-hybridized carbons (Fsp3) is 0.588. The molecule has 20 heavy (non-hydrogen) atoms. The molecule has 0 radical (unpaired) electrons. The van der Waals surface area contributed by atoms with E-state index in [2.05, 4.69) is 40.4 Å². The number of hydrogen-bond acceptors (Lipinski definition) is 3. The van der Waals surface area contributed by atoms with Gasteiger partial charge in [0.1, 0.15) is 0 Å². The van der Waals surface area contributed by atoms with Crippen LogP contribution in [0.5, 0.6) is 0 Å². The third-order valence-corrected chi connectivity index (χ3v) is 4.91. The molecule has 1 heterocycles. The normalized spacial score (nSPS) is 27.8. The van der Waals surface area contributed by atoms with Crippen molar-refractivity contribution in [1.29, 1.82) is 0 Å². The van der Waals surface area contributed by atoms with E-state index in [9.17, 15) is 5.21 Å². The molecule has 0 aromatic heterocycles. The molecule has 1 saturated carbocycles. The van der Waals surface area contributed by atoms with E-state index in [1.165, 1.54) is 31.2 Å². The number of likely N-dealkylation sites (tertiary alicyclic amines) is 1. The van der Waals surface area contributed by atoms with Gasteiger partial charge in [-0.1, -0.05) is 41.9 Å². The molecule has 1 aromatic carbocycles. The lowest BCUT2D eigenvalue weighted by Crippen LogP contribution is -2.46. The third-order valence-electron chi connectivity index (χ3n) is 4.91. The molecule has 1 saturated heterocycles. The van der Waals surface area contributed by atoms with Crippen LogP contribution in [0.3, 0.4) is 0 Å². The Kier molecular flexibility index (Phi) is 4.36. The highest BCUT2D eigenvalue weighted by Gasteiger charge is 2.30. The van der Waals surface area contributed by atoms with Crippen LogP contribution >= 0.6 is 0 Å². The van der Waals surface area contributed by atoms with Gasteiger partial charge in [0.05, 0.1) is 11.8 Å². The van der Waals surface area contributed by atoms with Crippen molar-refractivity contribution in [2.24, 2.45) is 5.16 Å². The Morgan fingerprint density at radius 3 is 2.45 bits per heavy atom. The van der Waals surface area contributed by atoms with Gasteiger partial charge in [-0.25, -0.2) is 0 Å². The van der Waals surface area contributed by atoms with Crippen LogP contribution in [0.4, 0.5) is 0 Å². The minimum Gasteiger partial charge on any atom is -0.411 e. The van der Waals surface area contributed by atoms with Gasteiger partial charge in [0, 0.05) is 0 Å². The van der Waals surface area contributed by atoms with E-state index < -0.39 is 0 Å². The number of hydrogen-bond donors (Lipinski definition) is 1. The highest BCUT2D eigenvalue weighted by atomic mass is 16.4. The van der Waals surface area contributed by atoms with Crippen LogP contribution in [-0.4, -0.2) is 35.0 Å². The van der Waals surface area contributed by atoms with Crippen molar-refractivity contribution < 1.29 is 5.21 Å². The zero-order valence-corrected chi connectivity index (χ0v) is 12.0. The standard InChI is InChI=1S/C17H24N2O/c20-18-16-8-4-5-9-17(16)19-12-10-15(11-13-19)14-6-2-1-3-7-14/h1-3,6-7,15,17,20H,4-5,8-13H2/b18-16+/t17-/m0/s1. The summed E-state index contributed by atoms with van der Waals surface area (Å²) in [5.74, 6) is 0.700. The molecule has 2 aliphatic rings. The molecule has 1 atom stereocenters. The number of benzene rings is 1. The zero-order valence-electron chi connectivity index (χ0n) is 12.0. The van der Waals surface area contributed by atoms with E-state index in [1.54, 1.807) is 0 Å². The SMILES string of the molecule is O/N=C1\CCCC[C@@H]1N1CCC(c2ccccc2)CC1. The monoisotopic (exact) mass is 272 g/mol. The van der Waals surface area contributed by atoms with Gasteiger partial charge in [0.25, 0.3) is 0 Å². The van der Waals surface area contributed by atoms with Gasteiger partial charge in [-0.15, -0.1) is 0 Å². The van der Waals surface area contributed by atoms with Crippen LogP contribution in [0.25, 0.3) is 0 Å². The summed E-state index contributed by atoms with van der Waals surface area (Å²) >= 11 is 0. The zero-order chi connectivity index (χ0) is 13.8. The topological polar surface area (TPSA) is 35.8 Å². The van der Waals surface area contributed by atoms with Crippen LogP contribution in [0.2, 0.25) is 0 Å². The molecule has 1 aliphatic heterocycles. The van der Waals surface area contributed by atoms with Gasteiger partial charge in [0.15, 0.2) is 0 Å². The predicted octanol–water partition coefficient (Wildman–Crippen LogP) is 3.64. The molecular weight excluding hydrogens is 248 g/mol. The van der Waals surface area contributed by atoms with Crippen molar-refractivity contribution in [2.45, 2.75) is 50.5 Å². The second-order valence-corrected chi connectivity index (χ2v) is 6.07. The third kappa shape index (κ3) is 2.88. The molecule has 0 spiro atoms. The first kappa shape index (κ1) is 13.6. The molecule has 2 fully saturated rings. The largest absolute Gasteiger partial charge is 0.411 e. The molecular formula is C17H24N2O. The van der Waals surface area contributed by atoms with Crippen molar-refractivity contribution in [3.63, 3.8) is 0 Å². The van der Waals surface area contributed by atoms with Crippen LogP contribution in [-0.2, 0) is 0 Å². The number of nitrogens with zero attached hydrogens (tertiary/aromatic N) is 2. The Balaban J connectivity index is 1.61. The molecule has 1 aliphatic carbocycles. The van der Waals surface area contributed by atoms with Crippen molar-refractivity contribution >= 4 is 5.71 Å². The molecule has 3 nitrogen and oxygen atoms in total. The molecule has 1 N–H and O–H groups in total. The summed E-state index contributed by atoms with van der Waals surface area (Å²) in [4.78, 5) is 2.54. The van der Waals surface area contributed by atoms with Gasteiger partial charge in [-0.05, 0) is 56.7 Å². The average molecular weight is 272 g/mol. The number of rotatable bonds is 2. The quantitative estimate of drug-likeness (QED) is 0.659. The maximum absolute atomic E-state index is 9.18. The highest BCUT2D eigenvalue weighted by Crippen LogP contribution is 2.31. The summed E-state index contributed by atoms with van der Waals surface area (Å²) in [5.41, 5.74) is 2.49. The summed E-state index contributed by atoms with van der Waals surface area (Å²) in [6.07, 6.45) is 7.02. The fourth-order valence-electron chi connectivity index (χ4n) is 3.76. The lowest BCUT2D eigenvalue weighted by atomic mass is 9.86. The van der Waals surface area contributed by atoms with Gasteiger partial charge in [0.2, 0.25) is 0 Å². The molecule has 3 rings (SSSR count). The highest BCUT2D eigenvalue weighted by molar-refractivity contribution is 5.89. The summed E-state index contributed by atoms with van der Waals surface area (Å²) in [5, 5.41) is 12.7. The maximum Gasteiger partial charge on any atom is 0.0742 e. The molecule has 0 unspecified atom stereocenters. The minimum atomic E-state index is 0.394. The van der Waals surface area contributed by atoms with E-state index in [-0.39, 0.29) is 0 Å². The number of oxime groups is 1. The lowest BCUT2D eigenvalue weighted by molar-refractivity contribution is 0.169. The minimum absolute atomic E-state index is 0.394. The first-order chi connectivity index (χ1) is 9.88. The van der Waals surface area contributed by atoms with Crippen molar-refractivity contribution in [2.75, 3.05) is 13.1 Å². The van der Waals surface area contributed by atoms with Crippen molar-refractivity contribution in [1.82, 2.24) is 4.90 Å². The Morgan fingerprint density at radius 2 is 1.75 bits per heavy atom. The van der Waals surface area contributed by atoms with E-state index in [4.69, 9.17) is 0 Å². The molecule has 0 amide bonds. The van der Waals surface area contributed by atoms with Crippen molar-refractivity contribution in [3.8, 4) is 0 Å². The lowest BCUT2D eigenvalue weighted by Gasteiger charge is -2.39. The van der Waals surface area contributed by atoms with Crippen LogP contribution in [0.15, 0.2) is 35.5 Å². The van der Waals surface area contributed by atoms with Crippen LogP contribution in [0, 0.1) is 0 Å². The molecule has 0 bridgehead atoms. The van der Waals surface area contributed by atoms with Gasteiger partial charge in [-0.2, -0.15) is 0 Å². The second-order valence-electron chi connectivity index (χ2n) is 6.07. The van der Waals surface area contributed by atoms with Gasteiger partial charge >= 0.3 is 0 Å². The summed E-state index contributed by atoms with van der Waals surface area (Å²) < 4.78 is 0. The Labute approximate surface area is 121 Å². The average Bonchev–Trinajstić information content (AvgIpc) is 2.56. The summed E-state index contributed by atoms with van der Waals surface area (Å²) in [6, 6.07) is 11.3. The first-order valence-corrected chi connectivity index (χ1v) is 7.88.